The van der Waals surface area contributed by atoms with Crippen molar-refractivity contribution in [1.29, 1.82) is 0 Å². The molecular weight excluding hydrogens is 306 g/mol. The van der Waals surface area contributed by atoms with Gasteiger partial charge in [-0.3, -0.25) is 9.59 Å². The fraction of sp³-hybridized carbons (Fsp3) is 0.529. The molecule has 0 atom stereocenters. The molecule has 0 N–H and O–H groups in total. The van der Waals surface area contributed by atoms with Crippen LogP contribution in [0.15, 0.2) is 17.1 Å². The predicted molar refractivity (Wildman–Crippen MR) is 87.6 cm³/mol. The molecule has 0 aromatic carbocycles. The highest BCUT2D eigenvalue weighted by Gasteiger charge is 2.27. The van der Waals surface area contributed by atoms with E-state index >= 15 is 0 Å². The summed E-state index contributed by atoms with van der Waals surface area (Å²) >= 11 is 0. The van der Waals surface area contributed by atoms with E-state index in [1.165, 1.54) is 0 Å². The van der Waals surface area contributed by atoms with Gasteiger partial charge in [0.1, 0.15) is 18.2 Å². The third-order valence-corrected chi connectivity index (χ3v) is 4.81. The molecule has 1 aliphatic carbocycles. The first-order chi connectivity index (χ1) is 11.5. The maximum atomic E-state index is 12.6. The molecule has 0 saturated heterocycles. The Bertz CT molecular complexity index is 862. The first-order valence-electron chi connectivity index (χ1n) is 8.41. The fourth-order valence-electron chi connectivity index (χ4n) is 3.34. The van der Waals surface area contributed by atoms with E-state index in [0.717, 1.165) is 36.2 Å². The van der Waals surface area contributed by atoms with Crippen LogP contribution in [-0.4, -0.2) is 36.7 Å². The number of rotatable bonds is 3. The van der Waals surface area contributed by atoms with Crippen molar-refractivity contribution in [3.8, 4) is 0 Å². The summed E-state index contributed by atoms with van der Waals surface area (Å²) in [6.07, 6.45) is 4.84. The molecular formula is C17H21N5O2. The van der Waals surface area contributed by atoms with Gasteiger partial charge in [0, 0.05) is 31.4 Å². The number of hydrogen-bond acceptors (Lipinski definition) is 4. The minimum absolute atomic E-state index is 0.0396. The summed E-state index contributed by atoms with van der Waals surface area (Å²) in [4.78, 5) is 30.8. The predicted octanol–water partition coefficient (Wildman–Crippen LogP) is 0.976. The van der Waals surface area contributed by atoms with Crippen molar-refractivity contribution >= 4 is 5.91 Å². The average molecular weight is 327 g/mol. The minimum Gasteiger partial charge on any atom is -0.336 e. The normalized spacial score (nSPS) is 17.0. The van der Waals surface area contributed by atoms with Crippen LogP contribution >= 0.6 is 0 Å². The summed E-state index contributed by atoms with van der Waals surface area (Å²) in [5.41, 5.74) is 2.26. The van der Waals surface area contributed by atoms with E-state index in [4.69, 9.17) is 0 Å². The van der Waals surface area contributed by atoms with Crippen LogP contribution in [0.1, 0.15) is 41.7 Å². The number of pyridine rings is 1. The van der Waals surface area contributed by atoms with E-state index in [1.54, 1.807) is 10.7 Å². The van der Waals surface area contributed by atoms with Gasteiger partial charge in [0.05, 0.1) is 0 Å². The Hall–Kier alpha value is -2.44. The molecule has 1 saturated carbocycles. The van der Waals surface area contributed by atoms with Crippen LogP contribution in [0, 0.1) is 13.8 Å². The fourth-order valence-corrected chi connectivity index (χ4v) is 3.34. The molecule has 1 amide bonds. The summed E-state index contributed by atoms with van der Waals surface area (Å²) in [7, 11) is 0. The van der Waals surface area contributed by atoms with Crippen molar-refractivity contribution in [2.24, 2.45) is 0 Å². The van der Waals surface area contributed by atoms with E-state index in [-0.39, 0.29) is 18.0 Å². The topological polar surface area (TPSA) is 73.0 Å². The van der Waals surface area contributed by atoms with Gasteiger partial charge in [-0.05, 0) is 44.2 Å². The molecule has 0 bridgehead atoms. The second-order valence-corrected chi connectivity index (χ2v) is 6.73. The van der Waals surface area contributed by atoms with Gasteiger partial charge in [-0.1, -0.05) is 0 Å². The van der Waals surface area contributed by atoms with E-state index in [1.807, 2.05) is 29.5 Å². The second-order valence-electron chi connectivity index (χ2n) is 6.73. The molecule has 3 heterocycles. The molecule has 2 aromatic rings. The van der Waals surface area contributed by atoms with Gasteiger partial charge in [0.25, 0.3) is 5.56 Å². The van der Waals surface area contributed by atoms with Crippen LogP contribution in [-0.2, 0) is 24.3 Å². The molecule has 2 aromatic heterocycles. The highest BCUT2D eigenvalue weighted by atomic mass is 16.2. The summed E-state index contributed by atoms with van der Waals surface area (Å²) < 4.78 is 3.48. The van der Waals surface area contributed by atoms with Gasteiger partial charge >= 0.3 is 0 Å². The van der Waals surface area contributed by atoms with Crippen molar-refractivity contribution in [3.05, 3.63) is 45.4 Å². The SMILES string of the molecule is Cc1nc(C)n(CC(=O)N2CCc3cc(=O)n(C4CC4)cc3C2)n1. The smallest absolute Gasteiger partial charge is 0.251 e. The Morgan fingerprint density at radius 2 is 2.08 bits per heavy atom. The molecule has 24 heavy (non-hydrogen) atoms. The van der Waals surface area contributed by atoms with Crippen LogP contribution in [0.2, 0.25) is 0 Å². The average Bonchev–Trinajstić information content (AvgIpc) is 3.32. The van der Waals surface area contributed by atoms with Crippen molar-refractivity contribution in [3.63, 3.8) is 0 Å². The Balaban J connectivity index is 1.53. The molecule has 0 unspecified atom stereocenters. The highest BCUT2D eigenvalue weighted by molar-refractivity contribution is 5.76. The second kappa shape index (κ2) is 5.58. The van der Waals surface area contributed by atoms with E-state index in [2.05, 4.69) is 10.1 Å². The maximum Gasteiger partial charge on any atom is 0.251 e. The lowest BCUT2D eigenvalue weighted by Crippen LogP contribution is -2.39. The Labute approximate surface area is 139 Å². The number of nitrogens with zero attached hydrogens (tertiary/aromatic N) is 5. The molecule has 2 aliphatic rings. The molecule has 0 spiro atoms. The number of carbonyl (C=O) groups is 1. The maximum absolute atomic E-state index is 12.6. The number of aromatic nitrogens is 4. The van der Waals surface area contributed by atoms with Crippen molar-refractivity contribution in [2.45, 2.75) is 52.2 Å². The minimum atomic E-state index is 0.0396. The molecule has 0 radical (unpaired) electrons. The van der Waals surface area contributed by atoms with Gasteiger partial charge in [-0.15, -0.1) is 0 Å². The van der Waals surface area contributed by atoms with Crippen LogP contribution in [0.3, 0.4) is 0 Å². The number of hydrogen-bond donors (Lipinski definition) is 0. The quantitative estimate of drug-likeness (QED) is 0.842. The summed E-state index contributed by atoms with van der Waals surface area (Å²) in [5, 5.41) is 4.26. The van der Waals surface area contributed by atoms with Crippen molar-refractivity contribution < 1.29 is 4.79 Å². The zero-order chi connectivity index (χ0) is 16.8. The molecule has 7 heteroatoms. The monoisotopic (exact) mass is 327 g/mol. The highest BCUT2D eigenvalue weighted by Crippen LogP contribution is 2.34. The van der Waals surface area contributed by atoms with Crippen LogP contribution in [0.5, 0.6) is 0 Å². The lowest BCUT2D eigenvalue weighted by atomic mass is 10.0. The zero-order valence-corrected chi connectivity index (χ0v) is 14.0. The first kappa shape index (κ1) is 15.1. The van der Waals surface area contributed by atoms with Gasteiger partial charge < -0.3 is 9.47 Å². The van der Waals surface area contributed by atoms with Gasteiger partial charge in [-0.25, -0.2) is 9.67 Å². The van der Waals surface area contributed by atoms with Crippen LogP contribution < -0.4 is 5.56 Å². The van der Waals surface area contributed by atoms with Crippen LogP contribution in [0.25, 0.3) is 0 Å². The standard InChI is InChI=1S/C17H21N5O2/c1-11-18-12(2)22(19-11)10-17(24)20-6-5-13-7-16(23)21(15-3-4-15)9-14(13)8-20/h7,9,15H,3-6,8,10H2,1-2H3. The van der Waals surface area contributed by atoms with E-state index in [9.17, 15) is 9.59 Å². The molecule has 4 rings (SSSR count). The molecule has 1 aliphatic heterocycles. The molecule has 7 nitrogen and oxygen atoms in total. The molecule has 126 valence electrons. The lowest BCUT2D eigenvalue weighted by molar-refractivity contribution is -0.133. The Kier molecular flexibility index (Phi) is 3.51. The van der Waals surface area contributed by atoms with E-state index < -0.39 is 0 Å². The Morgan fingerprint density at radius 1 is 1.29 bits per heavy atom. The largest absolute Gasteiger partial charge is 0.336 e. The number of amides is 1. The van der Waals surface area contributed by atoms with Crippen LogP contribution in [0.4, 0.5) is 0 Å². The summed E-state index contributed by atoms with van der Waals surface area (Å²) in [6.45, 7) is 5.10. The summed E-state index contributed by atoms with van der Waals surface area (Å²) in [5.74, 6) is 1.47. The lowest BCUT2D eigenvalue weighted by Gasteiger charge is -2.29. The van der Waals surface area contributed by atoms with Gasteiger partial charge in [0.2, 0.25) is 5.91 Å². The number of fused-ring (bicyclic) bond motifs is 1. The van der Waals surface area contributed by atoms with Crippen molar-refractivity contribution in [1.82, 2.24) is 24.2 Å². The number of aryl methyl sites for hydroxylation is 2. The molecule has 1 fully saturated rings. The summed E-state index contributed by atoms with van der Waals surface area (Å²) in [6, 6.07) is 2.11. The van der Waals surface area contributed by atoms with E-state index in [0.29, 0.717) is 25.0 Å². The Morgan fingerprint density at radius 3 is 2.75 bits per heavy atom. The van der Waals surface area contributed by atoms with Crippen molar-refractivity contribution in [2.75, 3.05) is 6.54 Å². The van der Waals surface area contributed by atoms with Gasteiger partial charge in [-0.2, -0.15) is 5.10 Å². The third-order valence-electron chi connectivity index (χ3n) is 4.81. The first-order valence-corrected chi connectivity index (χ1v) is 8.41. The van der Waals surface area contributed by atoms with Gasteiger partial charge in [0.15, 0.2) is 0 Å². The number of carbonyl (C=O) groups excluding carboxylic acids is 1. The zero-order valence-electron chi connectivity index (χ0n) is 14.0. The third kappa shape index (κ3) is 2.74.